The fraction of sp³-hybridized carbons (Fsp3) is 0.654. The fourth-order valence-electron chi connectivity index (χ4n) is 13.7. The predicted octanol–water partition coefficient (Wildman–Crippen LogP) is -12.2. The van der Waals surface area contributed by atoms with Crippen LogP contribution in [0.4, 0.5) is 0 Å². The van der Waals surface area contributed by atoms with Crippen molar-refractivity contribution >= 4 is 191 Å². The highest BCUT2D eigenvalue weighted by Gasteiger charge is 2.43. The van der Waals surface area contributed by atoms with Crippen LogP contribution in [0.3, 0.4) is 0 Å². The highest BCUT2D eigenvalue weighted by Crippen LogP contribution is 2.27. The largest absolute Gasteiger partial charge is 0.481 e. The number of fused-ring (bicyclic) bond motifs is 12. The summed E-state index contributed by atoms with van der Waals surface area (Å²) in [4.78, 5) is 329. The first-order chi connectivity index (χ1) is 66.7. The number of amides is 21. The molecule has 1 aromatic rings. The number of carbonyl (C=O) groups is 23. The number of hydrogen-bond donors (Lipinski definition) is 32. The van der Waals surface area contributed by atoms with Crippen molar-refractivity contribution in [2.75, 3.05) is 49.2 Å². The van der Waals surface area contributed by atoms with Crippen molar-refractivity contribution < 1.29 is 126 Å². The number of H-pyrrole nitrogens is 1. The summed E-state index contributed by atoms with van der Waals surface area (Å²) < 4.78 is 0. The summed E-state index contributed by atoms with van der Waals surface area (Å²) in [5.74, 6) is -30.1. The van der Waals surface area contributed by atoms with Gasteiger partial charge in [-0.15, -0.1) is 0 Å². The fourth-order valence-corrected chi connectivity index (χ4v) is 18.3. The first kappa shape index (κ1) is 123. The van der Waals surface area contributed by atoms with Gasteiger partial charge in [-0.1, -0.05) is 57.0 Å². The minimum atomic E-state index is -2.01. The highest BCUT2D eigenvalue weighted by atomic mass is 33.1. The first-order valence-corrected chi connectivity index (χ1v) is 50.2. The Morgan fingerprint density at radius 2 is 0.930 bits per heavy atom. The summed E-state index contributed by atoms with van der Waals surface area (Å²) in [7, 11) is 2.86. The van der Waals surface area contributed by atoms with Crippen LogP contribution in [0, 0.1) is 16.7 Å². The van der Waals surface area contributed by atoms with E-state index in [1.807, 2.05) is 0 Å². The quantitative estimate of drug-likeness (QED) is 0.0130. The van der Waals surface area contributed by atoms with Crippen molar-refractivity contribution in [3.63, 3.8) is 0 Å². The van der Waals surface area contributed by atoms with Crippen LogP contribution in [-0.2, 0) is 117 Å². The van der Waals surface area contributed by atoms with Gasteiger partial charge < -0.3 is 167 Å². The Morgan fingerprint density at radius 1 is 0.493 bits per heavy atom. The molecule has 61 heteroatoms. The predicted molar refractivity (Wildman–Crippen MR) is 515 cm³/mol. The minimum absolute atomic E-state index is 0.0327. The van der Waals surface area contributed by atoms with Gasteiger partial charge in [0.2, 0.25) is 124 Å². The summed E-state index contributed by atoms with van der Waals surface area (Å²) >= 11 is 0. The number of rotatable bonds is 35. The van der Waals surface area contributed by atoms with Crippen molar-refractivity contribution in [3.8, 4) is 0 Å². The summed E-state index contributed by atoms with van der Waals surface area (Å²) in [6.07, 6.45) is -5.57. The van der Waals surface area contributed by atoms with Crippen LogP contribution in [0.25, 0.3) is 0 Å². The number of nitrogens with two attached hydrogens (primary N) is 8. The molecule has 57 nitrogen and oxygen atoms in total. The molecule has 3 aliphatic heterocycles. The van der Waals surface area contributed by atoms with E-state index in [2.05, 4.69) is 106 Å². The van der Waals surface area contributed by atoms with Crippen molar-refractivity contribution in [2.24, 2.45) is 51.8 Å². The Labute approximate surface area is 831 Å². The zero-order chi connectivity index (χ0) is 107. The molecule has 21 amide bonds. The zero-order valence-corrected chi connectivity index (χ0v) is 82.7. The molecule has 0 radical (unpaired) electrons. The molecule has 142 heavy (non-hydrogen) atoms. The van der Waals surface area contributed by atoms with Gasteiger partial charge in [0.25, 0.3) is 5.97 Å². The van der Waals surface area contributed by atoms with Crippen LogP contribution < -0.4 is 142 Å². The standard InChI is InChI=1S/C79H131N31O24S4.C2H4O2/c1-35(2)26-49-70(127)107-51-31-136-135-30-41(81)63(120)105-50(28-57(84)114)71(128)108-53(73(130)99-42(12-7-8-22-80)64(121)96-38(5)77(134)110-25-11-15-54(110)75(132)102-47(18-21-58(115)116)69(126)109-59(39(6)111)76(133)95-37(4)62(119)104-49)33-138-137-32-52(106-66(123)44(14-10-24-92-79(88)89)98-65(122)43(13-9-23-91-78(86)87)97-61(118)36(3)94-72(51)129)74(131)101-45(16-19-55(82)112)67(124)100-46(17-20-56(83)113)68(125)103-48(60(85)117)27-40-29-90-34-93-40;1-2(3)4/h29,34-39,41-54,59,111H,7-28,30-33,80-81H2,1-6H3,(H2,82,112)(H2,83,113)(H2,84,114)(H2,85,117)(H,90,93)(H,94,129)(H,95,133)(H,96,121)(H,97,118)(H,98,122)(H,99,130)(H,100,124)(H,101,131)(H,102,132)(H,103,125)(H,104,119)(H,105,120)(H,106,123)(H,107,127)(H,108,128)(H,109,126)(H,115,116)(H4,86,87,91)(H4,88,89,92);1H3,(H,3,4)/t36-,37-,38-,39?,41-,42-,43-,44-,45-,46-,47?,48-,49-,50-,51-,52-,53-,54-,59-;/m0./s1. The number of aromatic nitrogens is 2. The molecule has 2 bridgehead atoms. The maximum atomic E-state index is 15.4. The number of hydrogen-bond acceptors (Lipinski definition) is 33. The van der Waals surface area contributed by atoms with Crippen LogP contribution >= 0.6 is 43.2 Å². The van der Waals surface area contributed by atoms with Crippen LogP contribution in [0.1, 0.15) is 163 Å². The summed E-state index contributed by atoms with van der Waals surface area (Å²) in [6, 6.07) is -31.5. The van der Waals surface area contributed by atoms with Gasteiger partial charge in [-0.25, -0.2) is 4.98 Å². The number of guanidine groups is 2. The lowest BCUT2D eigenvalue weighted by molar-refractivity contribution is -0.142. The lowest BCUT2D eigenvalue weighted by atomic mass is 10.0. The van der Waals surface area contributed by atoms with E-state index in [0.29, 0.717) is 27.3 Å². The number of unbranched alkanes of at least 4 members (excludes halogenated alkanes) is 1. The average Bonchev–Trinajstić information content (AvgIpc) is 1.66. The van der Waals surface area contributed by atoms with Crippen molar-refractivity contribution in [2.45, 2.75) is 279 Å². The molecule has 3 aliphatic rings. The van der Waals surface area contributed by atoms with Gasteiger partial charge >= 0.3 is 5.97 Å². The lowest BCUT2D eigenvalue weighted by Gasteiger charge is -2.30. The molecule has 1 aromatic heterocycles. The number of aliphatic hydroxyl groups excluding tert-OH is 1. The number of carboxylic acids is 2. The normalized spacial score (nSPS) is 24.6. The second kappa shape index (κ2) is 63.6. The molecule has 19 atom stereocenters. The van der Waals surface area contributed by atoms with E-state index in [4.69, 9.17) is 66.6 Å². The molecule has 2 unspecified atom stereocenters. The molecule has 3 saturated heterocycles. The Balaban J connectivity index is 0.0000127. The van der Waals surface area contributed by atoms with Crippen molar-refractivity contribution in [1.82, 2.24) is 111 Å². The van der Waals surface area contributed by atoms with E-state index < -0.39 is 343 Å². The van der Waals surface area contributed by atoms with Crippen LogP contribution in [0.15, 0.2) is 12.5 Å². The summed E-state index contributed by atoms with van der Waals surface area (Å²) in [6.45, 7) is 8.56. The summed E-state index contributed by atoms with van der Waals surface area (Å²) in [5.41, 5.74) is 46.2. The van der Waals surface area contributed by atoms with Gasteiger partial charge in [0, 0.05) is 87.1 Å². The topological polar surface area (TPSA) is 958 Å². The molecular formula is C81H135N31O26S4. The Bertz CT molecular complexity index is 4580. The van der Waals surface area contributed by atoms with Crippen LogP contribution in [0.5, 0.6) is 0 Å². The van der Waals surface area contributed by atoms with Crippen molar-refractivity contribution in [1.29, 1.82) is 10.8 Å². The number of nitrogens with one attached hydrogen (secondary N) is 21. The van der Waals surface area contributed by atoms with Crippen LogP contribution in [0.2, 0.25) is 0 Å². The number of primary amides is 4. The molecule has 0 aromatic carbocycles. The van der Waals surface area contributed by atoms with Gasteiger partial charge in [-0.3, -0.25) is 121 Å². The Kier molecular flexibility index (Phi) is 55.1. The molecular weight excluding hydrogens is 1950 g/mol. The number of aromatic amines is 1. The van der Waals surface area contributed by atoms with E-state index in [1.54, 1.807) is 13.8 Å². The van der Waals surface area contributed by atoms with Gasteiger partial charge in [0.1, 0.15) is 103 Å². The molecule has 0 spiro atoms. The van der Waals surface area contributed by atoms with Gasteiger partial charge in [0.15, 0.2) is 11.9 Å². The Hall–Kier alpha value is -13.2. The summed E-state index contributed by atoms with van der Waals surface area (Å²) in [5, 5.41) is 88.1. The SMILES string of the molecule is CC(=O)O.CC(C)C[C@@H]1NC(=O)[C@H](C)NC(=O)[C@H](C(C)O)NC(=O)C(CCC(=O)O)NC(=O)[C@@H]2CCCN2C(=O)[C@H](C)NC(=O)[C@H](CCCCN)NC(=O)[C@@H]2CSSC[C@@H](C(=O)N[C@@H](CCC(N)=O)C(=O)N[C@@H](CCC(N)=O)C(=O)N[C@@H](Cc3cnc[nH]3)C(N)=O)NC(=O)[C@H](CCCNC(=N)N)NC(=O)[C@H](CCCNC(=N)N)NC(=O)[C@H](C)NC(=O)[C@H](CSSC[C@H](N)C(=O)N[C@@H](CC(N)=O)C(=O)N2)NC1=O. The number of imidazole rings is 1. The molecule has 4 rings (SSSR count). The third kappa shape index (κ3) is 46.5. The first-order valence-electron chi connectivity index (χ1n) is 45.2. The van der Waals surface area contributed by atoms with E-state index in [1.165, 1.54) is 19.4 Å². The maximum absolute atomic E-state index is 15.4. The monoisotopic (exact) mass is 2090 g/mol. The molecule has 40 N–H and O–H groups in total. The third-order valence-electron chi connectivity index (χ3n) is 21.2. The second-order valence-electron chi connectivity index (χ2n) is 33.8. The van der Waals surface area contributed by atoms with E-state index in [9.17, 15) is 96.5 Å². The number of nitrogens with zero attached hydrogens (tertiary/aromatic N) is 2. The van der Waals surface area contributed by atoms with Gasteiger partial charge in [-0.05, 0) is 124 Å². The second-order valence-corrected chi connectivity index (χ2v) is 38.9. The maximum Gasteiger partial charge on any atom is 0.303 e. The molecule has 794 valence electrons. The van der Waals surface area contributed by atoms with E-state index >= 15 is 19.2 Å². The van der Waals surface area contributed by atoms with E-state index in [-0.39, 0.29) is 90.4 Å². The minimum Gasteiger partial charge on any atom is -0.481 e. The van der Waals surface area contributed by atoms with Gasteiger partial charge in [0.05, 0.1) is 24.9 Å². The van der Waals surface area contributed by atoms with Crippen LogP contribution in [-0.4, -0.2) is 342 Å². The zero-order valence-electron chi connectivity index (χ0n) is 79.5. The molecule has 0 saturated carbocycles. The van der Waals surface area contributed by atoms with E-state index in [0.717, 1.165) is 54.2 Å². The average molecular weight is 2090 g/mol. The molecule has 4 heterocycles. The molecule has 3 fully saturated rings. The lowest BCUT2D eigenvalue weighted by Crippen LogP contribution is -2.61. The molecule has 0 aliphatic carbocycles. The highest BCUT2D eigenvalue weighted by molar-refractivity contribution is 8.77. The van der Waals surface area contributed by atoms with Gasteiger partial charge in [-0.2, -0.15) is 0 Å². The number of aliphatic hydroxyl groups is 1. The van der Waals surface area contributed by atoms with Crippen molar-refractivity contribution in [3.05, 3.63) is 18.2 Å². The number of carboxylic acid groups (broad SMARTS) is 2. The number of aliphatic carboxylic acids is 2. The third-order valence-corrected chi connectivity index (χ3v) is 26.1. The smallest absolute Gasteiger partial charge is 0.303 e. The number of carbonyl (C=O) groups excluding carboxylic acids is 21. The Morgan fingerprint density at radius 3 is 1.43 bits per heavy atom.